The Kier molecular flexibility index (Phi) is 3.08. The maximum atomic E-state index is 8.56. The lowest BCUT2D eigenvalue weighted by molar-refractivity contribution is -0.671. The summed E-state index contributed by atoms with van der Waals surface area (Å²) in [5.41, 5.74) is 12.4. The summed E-state index contributed by atoms with van der Waals surface area (Å²) in [6.45, 7) is 2.02. The summed E-state index contributed by atoms with van der Waals surface area (Å²) in [5, 5.41) is 3.72. The van der Waals surface area contributed by atoms with E-state index in [9.17, 15) is 0 Å². The fourth-order valence-corrected chi connectivity index (χ4v) is 1.70. The molecule has 2 aromatic rings. The predicted octanol–water partition coefficient (Wildman–Crippen LogP) is 3.43. The van der Waals surface area contributed by atoms with Gasteiger partial charge in [-0.1, -0.05) is 28.9 Å². The Morgan fingerprint density at radius 3 is 2.53 bits per heavy atom. The minimum Gasteiger partial charge on any atom is -0.208 e. The van der Waals surface area contributed by atoms with Crippen LogP contribution in [0.2, 0.25) is 0 Å². The molecule has 0 saturated heterocycles. The third-order valence-corrected chi connectivity index (χ3v) is 2.59. The first-order valence-electron chi connectivity index (χ1n) is 5.32. The van der Waals surface area contributed by atoms with Crippen molar-refractivity contribution in [3.05, 3.63) is 58.7 Å². The van der Waals surface area contributed by atoms with E-state index < -0.39 is 0 Å². The monoisotopic (exact) mass is 225 g/mol. The van der Waals surface area contributed by atoms with Gasteiger partial charge in [-0.2, -0.15) is 0 Å². The van der Waals surface area contributed by atoms with Gasteiger partial charge in [0.15, 0.2) is 12.4 Å². The highest BCUT2D eigenvalue weighted by molar-refractivity contribution is 5.75. The second-order valence-corrected chi connectivity index (χ2v) is 3.96. The van der Waals surface area contributed by atoms with Crippen LogP contribution in [0.15, 0.2) is 47.8 Å². The molecular formula is C13H13N4+. The van der Waals surface area contributed by atoms with E-state index in [-0.39, 0.29) is 0 Å². The number of hydrogen-bond donors (Lipinski definition) is 0. The van der Waals surface area contributed by atoms with Gasteiger partial charge >= 0.3 is 0 Å². The van der Waals surface area contributed by atoms with Crippen LogP contribution < -0.4 is 4.57 Å². The van der Waals surface area contributed by atoms with Crippen LogP contribution >= 0.6 is 0 Å². The van der Waals surface area contributed by atoms with Crippen molar-refractivity contribution in [3.63, 3.8) is 0 Å². The first-order valence-corrected chi connectivity index (χ1v) is 5.32. The Balaban J connectivity index is 2.60. The quantitative estimate of drug-likeness (QED) is 0.325. The van der Waals surface area contributed by atoms with E-state index in [4.69, 9.17) is 5.53 Å². The van der Waals surface area contributed by atoms with Crippen molar-refractivity contribution in [2.75, 3.05) is 0 Å². The molecular weight excluding hydrogens is 212 g/mol. The molecule has 84 valence electrons. The standard InChI is InChI=1S/C13H13N4/c1-10-3-4-13(15-16-14)12(9-10)11-5-7-17(2)8-6-11/h3-9H,1-2H3/q+1. The normalized spacial score (nSPS) is 9.76. The molecule has 0 radical (unpaired) electrons. The third-order valence-electron chi connectivity index (χ3n) is 2.59. The van der Waals surface area contributed by atoms with E-state index in [0.717, 1.165) is 16.7 Å². The molecule has 0 fully saturated rings. The number of benzene rings is 1. The largest absolute Gasteiger partial charge is 0.208 e. The van der Waals surface area contributed by atoms with E-state index >= 15 is 0 Å². The van der Waals surface area contributed by atoms with Crippen LogP contribution in [0.1, 0.15) is 5.56 Å². The number of aromatic nitrogens is 1. The molecule has 4 nitrogen and oxygen atoms in total. The molecule has 1 aromatic heterocycles. The highest BCUT2D eigenvalue weighted by Gasteiger charge is 2.05. The van der Waals surface area contributed by atoms with Gasteiger partial charge in [0.1, 0.15) is 7.05 Å². The summed E-state index contributed by atoms with van der Waals surface area (Å²) in [7, 11) is 1.97. The Morgan fingerprint density at radius 2 is 1.88 bits per heavy atom. The van der Waals surface area contributed by atoms with Gasteiger partial charge in [0.05, 0.1) is 0 Å². The highest BCUT2D eigenvalue weighted by atomic mass is 15.1. The van der Waals surface area contributed by atoms with Crippen molar-refractivity contribution < 1.29 is 4.57 Å². The van der Waals surface area contributed by atoms with Gasteiger partial charge < -0.3 is 0 Å². The van der Waals surface area contributed by atoms with Gasteiger partial charge in [-0.15, -0.1) is 0 Å². The van der Waals surface area contributed by atoms with Crippen LogP contribution in [0.3, 0.4) is 0 Å². The molecule has 1 aromatic carbocycles. The van der Waals surface area contributed by atoms with E-state index in [1.54, 1.807) is 0 Å². The van der Waals surface area contributed by atoms with Crippen LogP contribution in [0.5, 0.6) is 0 Å². The molecule has 0 atom stereocenters. The van der Waals surface area contributed by atoms with E-state index in [1.807, 2.05) is 61.3 Å². The Hall–Kier alpha value is -2.32. The van der Waals surface area contributed by atoms with Crippen LogP contribution in [-0.4, -0.2) is 0 Å². The molecule has 2 rings (SSSR count). The molecule has 0 aliphatic heterocycles. The molecule has 0 N–H and O–H groups in total. The number of nitrogens with zero attached hydrogens (tertiary/aromatic N) is 4. The first kappa shape index (κ1) is 11.2. The molecule has 0 bridgehead atoms. The van der Waals surface area contributed by atoms with Crippen LogP contribution in [0, 0.1) is 6.92 Å². The third kappa shape index (κ3) is 2.44. The van der Waals surface area contributed by atoms with Crippen molar-refractivity contribution in [1.29, 1.82) is 0 Å². The molecule has 17 heavy (non-hydrogen) atoms. The summed E-state index contributed by atoms with van der Waals surface area (Å²) < 4.78 is 1.96. The lowest BCUT2D eigenvalue weighted by atomic mass is 10.0. The SMILES string of the molecule is Cc1ccc(N=[N+]=[N-])c(-c2cc[n+](C)cc2)c1. The summed E-state index contributed by atoms with van der Waals surface area (Å²) >= 11 is 0. The van der Waals surface area contributed by atoms with Gasteiger partial charge in [-0.25, -0.2) is 4.57 Å². The molecule has 0 aliphatic carbocycles. The molecule has 4 heteroatoms. The number of azide groups is 1. The van der Waals surface area contributed by atoms with Crippen LogP contribution in [0.4, 0.5) is 5.69 Å². The van der Waals surface area contributed by atoms with Gasteiger partial charge in [0, 0.05) is 22.7 Å². The van der Waals surface area contributed by atoms with Crippen molar-refractivity contribution in [2.45, 2.75) is 6.92 Å². The molecule has 0 unspecified atom stereocenters. The summed E-state index contributed by atoms with van der Waals surface area (Å²) in [5.74, 6) is 0. The highest BCUT2D eigenvalue weighted by Crippen LogP contribution is 2.30. The molecule has 0 spiro atoms. The van der Waals surface area contributed by atoms with Gasteiger partial charge in [0.2, 0.25) is 0 Å². The van der Waals surface area contributed by atoms with Crippen molar-refractivity contribution >= 4 is 5.69 Å². The molecule has 0 saturated carbocycles. The Morgan fingerprint density at radius 1 is 1.18 bits per heavy atom. The average Bonchev–Trinajstić information content (AvgIpc) is 2.33. The van der Waals surface area contributed by atoms with Crippen molar-refractivity contribution in [2.24, 2.45) is 12.2 Å². The Bertz CT molecular complexity index is 581. The van der Waals surface area contributed by atoms with Gasteiger partial charge in [-0.3, -0.25) is 0 Å². The smallest absolute Gasteiger partial charge is 0.169 e. The van der Waals surface area contributed by atoms with Gasteiger partial charge in [0.25, 0.3) is 0 Å². The second kappa shape index (κ2) is 4.68. The van der Waals surface area contributed by atoms with Crippen molar-refractivity contribution in [1.82, 2.24) is 0 Å². The topological polar surface area (TPSA) is 52.6 Å². The summed E-state index contributed by atoms with van der Waals surface area (Å²) in [4.78, 5) is 2.86. The number of rotatable bonds is 2. The predicted molar refractivity (Wildman–Crippen MR) is 66.6 cm³/mol. The Labute approximate surface area is 99.8 Å². The summed E-state index contributed by atoms with van der Waals surface area (Å²) in [6, 6.07) is 9.82. The number of hydrogen-bond acceptors (Lipinski definition) is 1. The lowest BCUT2D eigenvalue weighted by Crippen LogP contribution is -2.25. The van der Waals surface area contributed by atoms with E-state index in [1.165, 1.54) is 0 Å². The number of aryl methyl sites for hydroxylation is 2. The van der Waals surface area contributed by atoms with E-state index in [2.05, 4.69) is 10.0 Å². The fourth-order valence-electron chi connectivity index (χ4n) is 1.70. The zero-order valence-corrected chi connectivity index (χ0v) is 9.83. The van der Waals surface area contributed by atoms with Crippen LogP contribution in [-0.2, 0) is 7.05 Å². The number of pyridine rings is 1. The average molecular weight is 225 g/mol. The van der Waals surface area contributed by atoms with E-state index in [0.29, 0.717) is 5.69 Å². The van der Waals surface area contributed by atoms with Crippen molar-refractivity contribution in [3.8, 4) is 11.1 Å². The zero-order valence-electron chi connectivity index (χ0n) is 9.83. The zero-order chi connectivity index (χ0) is 12.3. The second-order valence-electron chi connectivity index (χ2n) is 3.96. The maximum Gasteiger partial charge on any atom is 0.169 e. The minimum absolute atomic E-state index is 0.659. The summed E-state index contributed by atoms with van der Waals surface area (Å²) in [6.07, 6.45) is 3.94. The minimum atomic E-state index is 0.659. The van der Waals surface area contributed by atoms with Gasteiger partial charge in [-0.05, 0) is 23.6 Å². The first-order chi connectivity index (χ1) is 8.20. The molecule has 0 aliphatic rings. The van der Waals surface area contributed by atoms with Crippen LogP contribution in [0.25, 0.3) is 21.6 Å². The maximum absolute atomic E-state index is 8.56. The lowest BCUT2D eigenvalue weighted by Gasteiger charge is -2.05. The molecule has 0 amide bonds. The molecule has 1 heterocycles. The fraction of sp³-hybridized carbons (Fsp3) is 0.154.